The maximum Gasteiger partial charge on any atom is 0.267 e. The standard InChI is InChI=1S/C16H17N5O2S/c1-8(2)14-19-20-16-21(14)9(3)12(24-16)15(23)18-11-6-4-10(5-7-11)13(17)22/h4-8H,1-3H3,(H2,17,22)(H,18,23). The maximum atomic E-state index is 12.5. The van der Waals surface area contributed by atoms with Crippen LogP contribution in [0.3, 0.4) is 0 Å². The van der Waals surface area contributed by atoms with Crippen molar-refractivity contribution in [2.45, 2.75) is 26.7 Å². The Morgan fingerprint density at radius 1 is 1.21 bits per heavy atom. The molecule has 0 unspecified atom stereocenters. The number of amides is 2. The fraction of sp³-hybridized carbons (Fsp3) is 0.250. The number of aryl methyl sites for hydroxylation is 1. The van der Waals surface area contributed by atoms with Gasteiger partial charge < -0.3 is 11.1 Å². The van der Waals surface area contributed by atoms with Gasteiger partial charge in [0, 0.05) is 22.9 Å². The van der Waals surface area contributed by atoms with E-state index in [9.17, 15) is 9.59 Å². The number of aromatic nitrogens is 3. The van der Waals surface area contributed by atoms with Crippen LogP contribution in [0.1, 0.15) is 51.3 Å². The number of rotatable bonds is 4. The van der Waals surface area contributed by atoms with Crippen LogP contribution in [-0.2, 0) is 0 Å². The number of nitrogens with zero attached hydrogens (tertiary/aromatic N) is 3. The van der Waals surface area contributed by atoms with Gasteiger partial charge in [0.25, 0.3) is 5.91 Å². The second-order valence-corrected chi connectivity index (χ2v) is 6.72. The Balaban J connectivity index is 1.88. The smallest absolute Gasteiger partial charge is 0.267 e. The summed E-state index contributed by atoms with van der Waals surface area (Å²) < 4.78 is 1.92. The third-order valence-corrected chi connectivity index (χ3v) is 4.80. The minimum absolute atomic E-state index is 0.213. The fourth-order valence-electron chi connectivity index (χ4n) is 2.42. The molecule has 2 heterocycles. The molecule has 1 aromatic carbocycles. The van der Waals surface area contributed by atoms with E-state index in [2.05, 4.69) is 15.5 Å². The van der Waals surface area contributed by atoms with Crippen LogP contribution in [-0.4, -0.2) is 26.4 Å². The molecule has 3 aromatic rings. The van der Waals surface area contributed by atoms with E-state index in [0.717, 1.165) is 11.5 Å². The topological polar surface area (TPSA) is 102 Å². The van der Waals surface area contributed by atoms with Crippen LogP contribution in [0.4, 0.5) is 5.69 Å². The molecule has 8 heteroatoms. The molecule has 0 aliphatic heterocycles. The molecule has 0 radical (unpaired) electrons. The van der Waals surface area contributed by atoms with Crippen LogP contribution < -0.4 is 11.1 Å². The Bertz CT molecular complexity index is 924. The Hall–Kier alpha value is -2.74. The molecule has 2 amide bonds. The number of carbonyl (C=O) groups is 2. The van der Waals surface area contributed by atoms with Crippen molar-refractivity contribution in [1.82, 2.24) is 14.6 Å². The molecule has 0 aliphatic rings. The molecule has 7 nitrogen and oxygen atoms in total. The van der Waals surface area contributed by atoms with E-state index in [1.165, 1.54) is 11.3 Å². The van der Waals surface area contributed by atoms with Crippen molar-refractivity contribution in [3.63, 3.8) is 0 Å². The lowest BCUT2D eigenvalue weighted by atomic mass is 10.2. The molecule has 0 fully saturated rings. The van der Waals surface area contributed by atoms with Gasteiger partial charge in [-0.25, -0.2) is 0 Å². The summed E-state index contributed by atoms with van der Waals surface area (Å²) in [4.78, 5) is 24.9. The molecule has 24 heavy (non-hydrogen) atoms. The zero-order chi connectivity index (χ0) is 17.4. The predicted octanol–water partition coefficient (Wildman–Crippen LogP) is 2.57. The number of anilines is 1. The van der Waals surface area contributed by atoms with E-state index >= 15 is 0 Å². The van der Waals surface area contributed by atoms with Crippen LogP contribution in [0, 0.1) is 6.92 Å². The third kappa shape index (κ3) is 2.76. The van der Waals surface area contributed by atoms with Crippen LogP contribution in [0.25, 0.3) is 4.96 Å². The zero-order valence-corrected chi connectivity index (χ0v) is 14.3. The van der Waals surface area contributed by atoms with Crippen molar-refractivity contribution in [3.05, 3.63) is 46.2 Å². The lowest BCUT2D eigenvalue weighted by Gasteiger charge is -2.06. The molecule has 124 valence electrons. The number of hydrogen-bond donors (Lipinski definition) is 2. The lowest BCUT2D eigenvalue weighted by molar-refractivity contribution is 0.0998. The van der Waals surface area contributed by atoms with Gasteiger partial charge in [0.05, 0.1) is 0 Å². The third-order valence-electron chi connectivity index (χ3n) is 3.67. The van der Waals surface area contributed by atoms with Gasteiger partial charge in [-0.15, -0.1) is 10.2 Å². The summed E-state index contributed by atoms with van der Waals surface area (Å²) in [5, 5.41) is 11.1. The summed E-state index contributed by atoms with van der Waals surface area (Å²) in [5.41, 5.74) is 7.01. The van der Waals surface area contributed by atoms with Gasteiger partial charge in [-0.3, -0.25) is 14.0 Å². The van der Waals surface area contributed by atoms with Gasteiger partial charge in [-0.1, -0.05) is 25.2 Å². The fourth-order valence-corrected chi connectivity index (χ4v) is 3.39. The SMILES string of the molecule is Cc1c(C(=O)Nc2ccc(C(N)=O)cc2)sc2nnc(C(C)C)n12. The molecule has 0 aliphatic carbocycles. The van der Waals surface area contributed by atoms with E-state index in [-0.39, 0.29) is 11.8 Å². The first kappa shape index (κ1) is 16.1. The highest BCUT2D eigenvalue weighted by Gasteiger charge is 2.21. The van der Waals surface area contributed by atoms with Gasteiger partial charge >= 0.3 is 0 Å². The molecule has 3 rings (SSSR count). The number of thiazole rings is 1. The maximum absolute atomic E-state index is 12.5. The van der Waals surface area contributed by atoms with E-state index in [1.807, 2.05) is 25.2 Å². The number of benzene rings is 1. The number of primary amides is 1. The van der Waals surface area contributed by atoms with Gasteiger partial charge in [-0.05, 0) is 31.2 Å². The Labute approximate surface area is 142 Å². The number of nitrogens with two attached hydrogens (primary N) is 1. The van der Waals surface area contributed by atoms with E-state index in [1.54, 1.807) is 24.3 Å². The monoisotopic (exact) mass is 343 g/mol. The average Bonchev–Trinajstić information content (AvgIpc) is 3.08. The minimum atomic E-state index is -0.503. The van der Waals surface area contributed by atoms with E-state index in [0.29, 0.717) is 21.1 Å². The summed E-state index contributed by atoms with van der Waals surface area (Å²) in [6.45, 7) is 5.95. The molecule has 0 saturated carbocycles. The van der Waals surface area contributed by atoms with Gasteiger partial charge in [0.1, 0.15) is 10.7 Å². The summed E-state index contributed by atoms with van der Waals surface area (Å²) in [6.07, 6.45) is 0. The second-order valence-electron chi connectivity index (χ2n) is 5.74. The number of fused-ring (bicyclic) bond motifs is 1. The summed E-state index contributed by atoms with van der Waals surface area (Å²) in [6, 6.07) is 6.44. The second kappa shape index (κ2) is 6.04. The zero-order valence-electron chi connectivity index (χ0n) is 13.5. The van der Waals surface area contributed by atoms with Crippen LogP contribution in [0.2, 0.25) is 0 Å². The number of carbonyl (C=O) groups excluding carboxylic acids is 2. The van der Waals surface area contributed by atoms with Crippen LogP contribution in [0.15, 0.2) is 24.3 Å². The average molecular weight is 343 g/mol. The van der Waals surface area contributed by atoms with E-state index < -0.39 is 5.91 Å². The normalized spacial score (nSPS) is 11.2. The molecular formula is C16H17N5O2S. The number of hydrogen-bond acceptors (Lipinski definition) is 5. The number of nitrogens with one attached hydrogen (secondary N) is 1. The van der Waals surface area contributed by atoms with Gasteiger partial charge in [0.2, 0.25) is 10.9 Å². The minimum Gasteiger partial charge on any atom is -0.366 e. The Morgan fingerprint density at radius 3 is 2.46 bits per heavy atom. The Morgan fingerprint density at radius 2 is 1.88 bits per heavy atom. The molecule has 0 saturated heterocycles. The predicted molar refractivity (Wildman–Crippen MR) is 92.6 cm³/mol. The van der Waals surface area contributed by atoms with Crippen molar-refractivity contribution >= 4 is 33.8 Å². The largest absolute Gasteiger partial charge is 0.366 e. The van der Waals surface area contributed by atoms with Crippen molar-refractivity contribution in [1.29, 1.82) is 0 Å². The highest BCUT2D eigenvalue weighted by molar-refractivity contribution is 7.19. The van der Waals surface area contributed by atoms with Crippen molar-refractivity contribution in [2.24, 2.45) is 5.73 Å². The van der Waals surface area contributed by atoms with Crippen molar-refractivity contribution < 1.29 is 9.59 Å². The summed E-state index contributed by atoms with van der Waals surface area (Å²) in [5.74, 6) is 0.329. The van der Waals surface area contributed by atoms with E-state index in [4.69, 9.17) is 5.73 Å². The quantitative estimate of drug-likeness (QED) is 0.760. The van der Waals surface area contributed by atoms with Gasteiger partial charge in [-0.2, -0.15) is 0 Å². The van der Waals surface area contributed by atoms with Gasteiger partial charge in [0.15, 0.2) is 0 Å². The summed E-state index contributed by atoms with van der Waals surface area (Å²) >= 11 is 1.30. The Kier molecular flexibility index (Phi) is 4.06. The summed E-state index contributed by atoms with van der Waals surface area (Å²) in [7, 11) is 0. The van der Waals surface area contributed by atoms with Crippen molar-refractivity contribution in [2.75, 3.05) is 5.32 Å². The molecule has 0 bridgehead atoms. The molecule has 2 aromatic heterocycles. The highest BCUT2D eigenvalue weighted by atomic mass is 32.1. The first-order valence-electron chi connectivity index (χ1n) is 7.44. The molecule has 0 spiro atoms. The molecule has 3 N–H and O–H groups in total. The first-order valence-corrected chi connectivity index (χ1v) is 8.25. The molecular weight excluding hydrogens is 326 g/mol. The van der Waals surface area contributed by atoms with Crippen LogP contribution >= 0.6 is 11.3 Å². The first-order chi connectivity index (χ1) is 11.4. The van der Waals surface area contributed by atoms with Crippen LogP contribution in [0.5, 0.6) is 0 Å². The molecule has 0 atom stereocenters. The van der Waals surface area contributed by atoms with Crippen molar-refractivity contribution in [3.8, 4) is 0 Å². The lowest BCUT2D eigenvalue weighted by Crippen LogP contribution is -2.13. The highest BCUT2D eigenvalue weighted by Crippen LogP contribution is 2.26.